The second kappa shape index (κ2) is 7.86. The molecule has 0 unspecified atom stereocenters. The van der Waals surface area contributed by atoms with Crippen molar-refractivity contribution in [3.8, 4) is 17.2 Å². The molecule has 1 aromatic heterocycles. The molecule has 2 aromatic rings. The van der Waals surface area contributed by atoms with Gasteiger partial charge in [0.25, 0.3) is 0 Å². The number of hydrogen-bond acceptors (Lipinski definition) is 6. The minimum Gasteiger partial charge on any atom is -0.493 e. The van der Waals surface area contributed by atoms with Crippen LogP contribution in [0.5, 0.6) is 17.2 Å². The maximum Gasteiger partial charge on any atom is 0.387 e. The van der Waals surface area contributed by atoms with Crippen LogP contribution in [0.3, 0.4) is 0 Å². The second-order valence-electron chi connectivity index (χ2n) is 4.49. The molecule has 7 nitrogen and oxygen atoms in total. The first-order chi connectivity index (χ1) is 11.5. The maximum atomic E-state index is 12.5. The van der Waals surface area contributed by atoms with Gasteiger partial charge in [-0.05, 0) is 24.4 Å². The predicted octanol–water partition coefficient (Wildman–Crippen LogP) is 3.00. The first-order valence-corrected chi connectivity index (χ1v) is 7.32. The molecule has 0 atom stereocenters. The van der Waals surface area contributed by atoms with Crippen molar-refractivity contribution in [3.05, 3.63) is 28.3 Å². The zero-order chi connectivity index (χ0) is 17.7. The number of aromatic amines is 1. The van der Waals surface area contributed by atoms with Crippen LogP contribution in [-0.2, 0) is 6.42 Å². The van der Waals surface area contributed by atoms with Crippen LogP contribution in [0, 0.1) is 4.77 Å². The topological polar surface area (TPSA) is 73.7 Å². The number of aromatic nitrogens is 3. The van der Waals surface area contributed by atoms with Gasteiger partial charge in [-0.3, -0.25) is 5.10 Å². The summed E-state index contributed by atoms with van der Waals surface area (Å²) in [5.41, 5.74) is 0.551. The van der Waals surface area contributed by atoms with Crippen LogP contribution in [-0.4, -0.2) is 41.9 Å². The van der Waals surface area contributed by atoms with E-state index >= 15 is 0 Å². The van der Waals surface area contributed by atoms with E-state index in [9.17, 15) is 8.78 Å². The van der Waals surface area contributed by atoms with E-state index in [2.05, 4.69) is 20.0 Å². The summed E-state index contributed by atoms with van der Waals surface area (Å²) in [4.78, 5) is 0. The fourth-order valence-electron chi connectivity index (χ4n) is 1.98. The van der Waals surface area contributed by atoms with E-state index in [1.165, 1.54) is 37.2 Å². The van der Waals surface area contributed by atoms with E-state index in [0.29, 0.717) is 22.6 Å². The number of alkyl halides is 2. The Morgan fingerprint density at radius 3 is 2.46 bits per heavy atom. The van der Waals surface area contributed by atoms with Crippen LogP contribution in [0.25, 0.3) is 0 Å². The van der Waals surface area contributed by atoms with Gasteiger partial charge in [0, 0.05) is 12.0 Å². The Hall–Kier alpha value is -2.49. The highest BCUT2D eigenvalue weighted by atomic mass is 32.1. The number of halogens is 2. The third-order valence-electron chi connectivity index (χ3n) is 3.05. The number of aryl methyl sites for hydroxylation is 1. The number of methoxy groups -OCH3 is 2. The van der Waals surface area contributed by atoms with Crippen molar-refractivity contribution in [2.24, 2.45) is 5.10 Å². The van der Waals surface area contributed by atoms with Gasteiger partial charge in [0.05, 0.1) is 20.4 Å². The van der Waals surface area contributed by atoms with E-state index in [0.717, 1.165) is 0 Å². The van der Waals surface area contributed by atoms with Crippen LogP contribution >= 0.6 is 12.2 Å². The lowest BCUT2D eigenvalue weighted by molar-refractivity contribution is -0.0526. The van der Waals surface area contributed by atoms with Crippen molar-refractivity contribution in [1.82, 2.24) is 14.9 Å². The Balaban J connectivity index is 2.42. The summed E-state index contributed by atoms with van der Waals surface area (Å²) in [5.74, 6) is 0.680. The first-order valence-electron chi connectivity index (χ1n) is 6.91. The lowest BCUT2D eigenvalue weighted by atomic mass is 10.2. The molecule has 0 fully saturated rings. The number of ether oxygens (including phenoxy) is 3. The smallest absolute Gasteiger partial charge is 0.387 e. The number of H-pyrrole nitrogens is 1. The molecule has 0 aliphatic carbocycles. The third-order valence-corrected chi connectivity index (χ3v) is 3.31. The Bertz CT molecular complexity index is 764. The van der Waals surface area contributed by atoms with Crippen molar-refractivity contribution in [3.63, 3.8) is 0 Å². The second-order valence-corrected chi connectivity index (χ2v) is 4.87. The summed E-state index contributed by atoms with van der Waals surface area (Å²) in [7, 11) is 2.69. The highest BCUT2D eigenvalue weighted by Gasteiger charge is 2.17. The van der Waals surface area contributed by atoms with E-state index in [4.69, 9.17) is 21.7 Å². The average molecular weight is 358 g/mol. The number of hydrogen-bond donors (Lipinski definition) is 1. The van der Waals surface area contributed by atoms with Crippen molar-refractivity contribution < 1.29 is 23.0 Å². The van der Waals surface area contributed by atoms with Gasteiger partial charge in [0.1, 0.15) is 0 Å². The van der Waals surface area contributed by atoms with Gasteiger partial charge < -0.3 is 14.2 Å². The molecule has 10 heteroatoms. The van der Waals surface area contributed by atoms with Crippen LogP contribution in [0.15, 0.2) is 17.2 Å². The highest BCUT2D eigenvalue weighted by Crippen LogP contribution is 2.39. The van der Waals surface area contributed by atoms with Crippen molar-refractivity contribution in [2.75, 3.05) is 14.2 Å². The fraction of sp³-hybridized carbons (Fsp3) is 0.357. The molecule has 1 aromatic carbocycles. The monoisotopic (exact) mass is 358 g/mol. The van der Waals surface area contributed by atoms with Gasteiger partial charge >= 0.3 is 6.61 Å². The molecule has 0 bridgehead atoms. The van der Waals surface area contributed by atoms with Crippen LogP contribution in [0.4, 0.5) is 8.78 Å². The standard InChI is InChI=1S/C14H16F2N4O3S/c1-4-11-18-19-14(24)20(11)17-7-8-5-9(21-2)12(23-13(15)16)10(6-8)22-3/h5-7,13H,4H2,1-3H3,(H,19,24)/b17-7-. The van der Waals surface area contributed by atoms with Gasteiger partial charge in [-0.1, -0.05) is 6.92 Å². The molecule has 2 rings (SSSR count). The van der Waals surface area contributed by atoms with Gasteiger partial charge in [-0.25, -0.2) is 0 Å². The molecule has 0 radical (unpaired) electrons. The lowest BCUT2D eigenvalue weighted by Crippen LogP contribution is -2.06. The quantitative estimate of drug-likeness (QED) is 0.608. The highest BCUT2D eigenvalue weighted by molar-refractivity contribution is 7.71. The lowest BCUT2D eigenvalue weighted by Gasteiger charge is -2.14. The minimum atomic E-state index is -3.00. The molecule has 1 heterocycles. The molecule has 0 aliphatic heterocycles. The van der Waals surface area contributed by atoms with Crippen molar-refractivity contribution >= 4 is 18.4 Å². The molecular weight excluding hydrogens is 342 g/mol. The first kappa shape index (κ1) is 17.9. The van der Waals surface area contributed by atoms with Gasteiger partial charge in [-0.2, -0.15) is 23.7 Å². The molecule has 0 aliphatic rings. The largest absolute Gasteiger partial charge is 0.493 e. The molecule has 0 amide bonds. The Labute approximate surface area is 141 Å². The number of nitrogens with one attached hydrogen (secondary N) is 1. The van der Waals surface area contributed by atoms with Crippen LogP contribution in [0.2, 0.25) is 0 Å². The molecule has 24 heavy (non-hydrogen) atoms. The molecule has 130 valence electrons. The van der Waals surface area contributed by atoms with E-state index in [1.54, 1.807) is 0 Å². The maximum absolute atomic E-state index is 12.5. The molecule has 0 spiro atoms. The van der Waals surface area contributed by atoms with E-state index in [-0.39, 0.29) is 17.2 Å². The number of rotatable bonds is 7. The molecular formula is C14H16F2N4O3S. The average Bonchev–Trinajstić information content (AvgIpc) is 2.93. The van der Waals surface area contributed by atoms with E-state index in [1.807, 2.05) is 6.92 Å². The summed E-state index contributed by atoms with van der Waals surface area (Å²) in [6, 6.07) is 3.00. The van der Waals surface area contributed by atoms with Crippen LogP contribution < -0.4 is 14.2 Å². The molecule has 0 saturated heterocycles. The Kier molecular flexibility index (Phi) is 5.85. The Morgan fingerprint density at radius 2 is 1.96 bits per heavy atom. The summed E-state index contributed by atoms with van der Waals surface area (Å²) in [6.07, 6.45) is 2.12. The zero-order valence-electron chi connectivity index (χ0n) is 13.2. The number of benzene rings is 1. The van der Waals surface area contributed by atoms with Gasteiger partial charge in [0.2, 0.25) is 10.5 Å². The summed E-state index contributed by atoms with van der Waals surface area (Å²) >= 11 is 5.10. The summed E-state index contributed by atoms with van der Waals surface area (Å²) < 4.78 is 41.5. The molecule has 0 saturated carbocycles. The summed E-state index contributed by atoms with van der Waals surface area (Å²) in [5, 5.41) is 10.9. The fourth-order valence-corrected chi connectivity index (χ4v) is 2.17. The molecule has 1 N–H and O–H groups in total. The van der Waals surface area contributed by atoms with Crippen LogP contribution in [0.1, 0.15) is 18.3 Å². The third kappa shape index (κ3) is 3.88. The zero-order valence-corrected chi connectivity index (χ0v) is 14.1. The number of nitrogens with zero attached hydrogens (tertiary/aromatic N) is 3. The van der Waals surface area contributed by atoms with Crippen molar-refractivity contribution in [1.29, 1.82) is 0 Å². The Morgan fingerprint density at radius 1 is 1.33 bits per heavy atom. The SMILES string of the molecule is CCc1n[nH]c(=S)n1/N=C\c1cc(OC)c(OC(F)F)c(OC)c1. The normalized spacial score (nSPS) is 11.2. The summed E-state index contributed by atoms with van der Waals surface area (Å²) in [6.45, 7) is -1.08. The van der Waals surface area contributed by atoms with Gasteiger partial charge in [-0.15, -0.1) is 0 Å². The minimum absolute atomic E-state index is 0.0996. The predicted molar refractivity (Wildman–Crippen MR) is 86.0 cm³/mol. The van der Waals surface area contributed by atoms with Crippen molar-refractivity contribution in [2.45, 2.75) is 20.0 Å². The van der Waals surface area contributed by atoms with Gasteiger partial charge in [0.15, 0.2) is 17.3 Å². The van der Waals surface area contributed by atoms with E-state index < -0.39 is 6.61 Å².